The van der Waals surface area contributed by atoms with Gasteiger partial charge in [0.1, 0.15) is 6.10 Å². The highest BCUT2D eigenvalue weighted by Gasteiger charge is 2.35. The number of hydrogen-bond donors (Lipinski definition) is 0. The lowest BCUT2D eigenvalue weighted by molar-refractivity contribution is -0.743. The predicted molar refractivity (Wildman–Crippen MR) is 65.6 cm³/mol. The number of hydrogen-bond acceptors (Lipinski definition) is 3. The third kappa shape index (κ3) is 1.65. The van der Waals surface area contributed by atoms with Gasteiger partial charge in [-0.3, -0.25) is 5.21 Å². The zero-order chi connectivity index (χ0) is 12.5. The van der Waals surface area contributed by atoms with Crippen molar-refractivity contribution in [2.75, 3.05) is 0 Å². The van der Waals surface area contributed by atoms with Crippen LogP contribution in [-0.4, -0.2) is 10.6 Å². The van der Waals surface area contributed by atoms with E-state index in [1.165, 1.54) is 0 Å². The van der Waals surface area contributed by atoms with Crippen LogP contribution in [0, 0.1) is 16.5 Å². The van der Waals surface area contributed by atoms with Crippen molar-refractivity contribution < 1.29 is 9.74 Å². The molecular weight excluding hydrogens is 228 g/mol. The molecule has 1 aromatic rings. The monoisotopic (exact) mass is 240 g/mol. The van der Waals surface area contributed by atoms with E-state index >= 15 is 0 Å². The van der Waals surface area contributed by atoms with Crippen molar-refractivity contribution in [2.45, 2.75) is 25.4 Å². The molecule has 18 heavy (non-hydrogen) atoms. The van der Waals surface area contributed by atoms with Crippen molar-refractivity contribution in [3.63, 3.8) is 0 Å². The van der Waals surface area contributed by atoms with E-state index in [-0.39, 0.29) is 6.10 Å². The molecule has 2 aliphatic rings. The van der Waals surface area contributed by atoms with Crippen molar-refractivity contribution in [3.8, 4) is 6.07 Å². The summed E-state index contributed by atoms with van der Waals surface area (Å²) in [6.45, 7) is 0. The number of benzene rings is 1. The van der Waals surface area contributed by atoms with Crippen LogP contribution in [0.1, 0.15) is 36.5 Å². The number of allylic oxidation sites excluding steroid dienone is 1. The third-order valence-electron chi connectivity index (χ3n) is 3.36. The van der Waals surface area contributed by atoms with Crippen LogP contribution in [0.3, 0.4) is 0 Å². The number of rotatable bonds is 1. The van der Waals surface area contributed by atoms with E-state index in [1.54, 1.807) is 12.1 Å². The number of fused-ring (bicyclic) bond motifs is 1. The van der Waals surface area contributed by atoms with Gasteiger partial charge in [0.25, 0.3) is 0 Å². The van der Waals surface area contributed by atoms with E-state index in [0.29, 0.717) is 10.5 Å². The SMILES string of the molecule is N#Cc1ccc(C2O[N+]([O-])=C3CCCC=C32)cc1. The third-order valence-corrected chi connectivity index (χ3v) is 3.36. The second kappa shape index (κ2) is 4.19. The summed E-state index contributed by atoms with van der Waals surface area (Å²) in [7, 11) is 0. The summed E-state index contributed by atoms with van der Waals surface area (Å²) in [5, 5.41) is 20.4. The highest BCUT2D eigenvalue weighted by atomic mass is 16.9. The van der Waals surface area contributed by atoms with E-state index in [2.05, 4.69) is 12.1 Å². The quantitative estimate of drug-likeness (QED) is 0.709. The molecule has 0 spiro atoms. The fourth-order valence-electron chi connectivity index (χ4n) is 2.43. The largest absolute Gasteiger partial charge is 0.390 e. The Labute approximate surface area is 105 Å². The predicted octanol–water partition coefficient (Wildman–Crippen LogP) is 2.61. The molecule has 1 heterocycles. The molecule has 0 bridgehead atoms. The Morgan fingerprint density at radius 2 is 2.11 bits per heavy atom. The van der Waals surface area contributed by atoms with Gasteiger partial charge in [0.2, 0.25) is 5.71 Å². The van der Waals surface area contributed by atoms with Gasteiger partial charge in [-0.2, -0.15) is 5.26 Å². The molecule has 0 saturated carbocycles. The molecule has 4 nitrogen and oxygen atoms in total. The lowest BCUT2D eigenvalue weighted by Crippen LogP contribution is -2.11. The molecular formula is C14H12N2O2. The van der Waals surface area contributed by atoms with Crippen LogP contribution in [0.15, 0.2) is 35.9 Å². The van der Waals surface area contributed by atoms with Gasteiger partial charge in [-0.15, -0.1) is 0 Å². The standard InChI is InChI=1S/C14H12N2O2/c15-9-10-5-7-11(8-6-10)14-12-3-1-2-4-13(12)16(17)18-14/h3,5-8,14H,1-2,4H2. The highest BCUT2D eigenvalue weighted by molar-refractivity contribution is 5.98. The lowest BCUT2D eigenvalue weighted by Gasteiger charge is -2.15. The molecule has 1 atom stereocenters. The Hall–Kier alpha value is -2.28. The van der Waals surface area contributed by atoms with Crippen LogP contribution in [0.5, 0.6) is 0 Å². The summed E-state index contributed by atoms with van der Waals surface area (Å²) in [4.78, 5) is 6.00. The topological polar surface area (TPSA) is 59.1 Å². The maximum absolute atomic E-state index is 11.7. The molecule has 1 aliphatic heterocycles. The number of nitriles is 1. The lowest BCUT2D eigenvalue weighted by atomic mass is 9.90. The summed E-state index contributed by atoms with van der Waals surface area (Å²) in [5.74, 6) is 0. The Bertz CT molecular complexity index is 579. The van der Waals surface area contributed by atoms with Gasteiger partial charge < -0.3 is 4.84 Å². The Morgan fingerprint density at radius 1 is 1.33 bits per heavy atom. The first-order chi connectivity index (χ1) is 8.79. The van der Waals surface area contributed by atoms with E-state index in [4.69, 9.17) is 10.1 Å². The molecule has 1 aromatic carbocycles. The van der Waals surface area contributed by atoms with Crippen molar-refractivity contribution >= 4 is 5.71 Å². The van der Waals surface area contributed by atoms with Crippen LogP contribution < -0.4 is 0 Å². The van der Waals surface area contributed by atoms with Crippen molar-refractivity contribution in [1.82, 2.24) is 0 Å². The summed E-state index contributed by atoms with van der Waals surface area (Å²) < 4.78 is 0. The van der Waals surface area contributed by atoms with Crippen LogP contribution in [0.25, 0.3) is 0 Å². The maximum atomic E-state index is 11.7. The van der Waals surface area contributed by atoms with Crippen LogP contribution >= 0.6 is 0 Å². The van der Waals surface area contributed by atoms with Crippen LogP contribution in [0.2, 0.25) is 0 Å². The molecule has 1 aliphatic carbocycles. The molecule has 1 unspecified atom stereocenters. The van der Waals surface area contributed by atoms with Crippen LogP contribution in [0.4, 0.5) is 0 Å². The molecule has 0 aromatic heterocycles. The summed E-state index contributed by atoms with van der Waals surface area (Å²) in [6, 6.07) is 9.25. The van der Waals surface area contributed by atoms with Gasteiger partial charge in [0.15, 0.2) is 0 Å². The molecule has 0 N–H and O–H groups in total. The van der Waals surface area contributed by atoms with Crippen molar-refractivity contribution in [2.24, 2.45) is 0 Å². The maximum Gasteiger partial charge on any atom is 0.249 e. The van der Waals surface area contributed by atoms with Gasteiger partial charge in [-0.25, -0.2) is 0 Å². The van der Waals surface area contributed by atoms with E-state index < -0.39 is 0 Å². The first-order valence-electron chi connectivity index (χ1n) is 6.00. The van der Waals surface area contributed by atoms with Gasteiger partial charge in [-0.05, 0) is 30.5 Å². The van der Waals surface area contributed by atoms with E-state index in [1.807, 2.05) is 12.1 Å². The van der Waals surface area contributed by atoms with Gasteiger partial charge in [-0.1, -0.05) is 18.2 Å². The Kier molecular flexibility index (Phi) is 2.52. The van der Waals surface area contributed by atoms with E-state index in [0.717, 1.165) is 36.1 Å². The van der Waals surface area contributed by atoms with E-state index in [9.17, 15) is 5.21 Å². The summed E-state index contributed by atoms with van der Waals surface area (Å²) >= 11 is 0. The Morgan fingerprint density at radius 3 is 2.83 bits per heavy atom. The van der Waals surface area contributed by atoms with Crippen molar-refractivity contribution in [3.05, 3.63) is 52.2 Å². The fraction of sp³-hybridized carbons (Fsp3) is 0.286. The minimum Gasteiger partial charge on any atom is -0.390 e. The molecule has 0 radical (unpaired) electrons. The summed E-state index contributed by atoms with van der Waals surface area (Å²) in [5.41, 5.74) is 3.26. The van der Waals surface area contributed by atoms with Gasteiger partial charge >= 0.3 is 0 Å². The minimum atomic E-state index is -0.314. The fourth-order valence-corrected chi connectivity index (χ4v) is 2.43. The second-order valence-electron chi connectivity index (χ2n) is 4.47. The molecule has 0 saturated heterocycles. The zero-order valence-corrected chi connectivity index (χ0v) is 9.80. The van der Waals surface area contributed by atoms with Crippen molar-refractivity contribution in [1.29, 1.82) is 5.26 Å². The Balaban J connectivity index is 1.95. The molecule has 90 valence electrons. The summed E-state index contributed by atoms with van der Waals surface area (Å²) in [6.07, 6.45) is 4.54. The van der Waals surface area contributed by atoms with Crippen LogP contribution in [-0.2, 0) is 4.84 Å². The molecule has 3 rings (SSSR count). The number of nitrogens with zero attached hydrogens (tertiary/aromatic N) is 2. The molecule has 0 fully saturated rings. The van der Waals surface area contributed by atoms with Gasteiger partial charge in [0, 0.05) is 16.9 Å². The average molecular weight is 240 g/mol. The zero-order valence-electron chi connectivity index (χ0n) is 9.80. The first-order valence-corrected chi connectivity index (χ1v) is 6.00. The molecule has 4 heteroatoms. The molecule has 0 amide bonds. The second-order valence-corrected chi connectivity index (χ2v) is 4.47. The highest BCUT2D eigenvalue weighted by Crippen LogP contribution is 2.35. The average Bonchev–Trinajstić information content (AvgIpc) is 2.77. The van der Waals surface area contributed by atoms with Gasteiger partial charge in [0.05, 0.1) is 11.6 Å². The normalized spacial score (nSPS) is 21.9. The first kappa shape index (κ1) is 10.8. The smallest absolute Gasteiger partial charge is 0.249 e. The minimum absolute atomic E-state index is 0.314.